The highest BCUT2D eigenvalue weighted by atomic mass is 16.5. The van der Waals surface area contributed by atoms with Crippen molar-refractivity contribution in [2.75, 3.05) is 20.2 Å². The van der Waals surface area contributed by atoms with Gasteiger partial charge in [0, 0.05) is 25.8 Å². The van der Waals surface area contributed by atoms with Crippen molar-refractivity contribution in [3.05, 3.63) is 29.3 Å². The van der Waals surface area contributed by atoms with Crippen molar-refractivity contribution in [2.24, 2.45) is 0 Å². The van der Waals surface area contributed by atoms with E-state index in [-0.39, 0.29) is 17.8 Å². The summed E-state index contributed by atoms with van der Waals surface area (Å²) in [5.41, 5.74) is 1.43. The monoisotopic (exact) mass is 263 g/mol. The Kier molecular flexibility index (Phi) is 4.43. The number of hydrogen-bond acceptors (Lipinski definition) is 3. The first kappa shape index (κ1) is 13.9. The molecule has 1 aliphatic rings. The third-order valence-corrected chi connectivity index (χ3v) is 3.54. The molecule has 4 nitrogen and oxygen atoms in total. The number of likely N-dealkylation sites (N-methyl/N-ethyl adjacent to an activating group) is 1. The lowest BCUT2D eigenvalue weighted by atomic mass is 10.1. The Morgan fingerprint density at radius 2 is 2.26 bits per heavy atom. The average Bonchev–Trinajstić information content (AvgIpc) is 2.39. The fourth-order valence-corrected chi connectivity index (χ4v) is 2.43. The normalized spacial score (nSPS) is 19.2. The molecule has 2 rings (SSSR count). The first-order valence-electron chi connectivity index (χ1n) is 6.74. The number of aryl methyl sites for hydroxylation is 1. The number of ether oxygens (including phenoxy) is 1. The molecule has 4 heteroatoms. The number of carbonyl (C=O) groups is 1. The second kappa shape index (κ2) is 6.06. The van der Waals surface area contributed by atoms with E-state index in [1.165, 1.54) is 6.42 Å². The molecule has 0 saturated carbocycles. The zero-order valence-corrected chi connectivity index (χ0v) is 11.6. The highest BCUT2D eigenvalue weighted by Crippen LogP contribution is 2.18. The number of amides is 1. The van der Waals surface area contributed by atoms with Gasteiger partial charge in [-0.2, -0.15) is 0 Å². The molecule has 19 heavy (non-hydrogen) atoms. The Morgan fingerprint density at radius 3 is 2.89 bits per heavy atom. The molecule has 1 heterocycles. The van der Waals surface area contributed by atoms with Crippen molar-refractivity contribution in [1.82, 2.24) is 4.90 Å². The standard InChI is InChI=1S/C15H21NO3/c1-11-9-12(17)6-7-14(11)15(18)16(2)10-13-5-3-4-8-19-13/h6-7,9,13,17H,3-5,8,10H2,1-2H3. The predicted molar refractivity (Wildman–Crippen MR) is 73.4 cm³/mol. The van der Waals surface area contributed by atoms with Gasteiger partial charge in [-0.1, -0.05) is 0 Å². The third kappa shape index (κ3) is 3.47. The van der Waals surface area contributed by atoms with Crippen LogP contribution in [0.2, 0.25) is 0 Å². The fraction of sp³-hybridized carbons (Fsp3) is 0.533. The van der Waals surface area contributed by atoms with Crippen molar-refractivity contribution in [3.63, 3.8) is 0 Å². The first-order chi connectivity index (χ1) is 9.08. The van der Waals surface area contributed by atoms with Gasteiger partial charge in [-0.05, 0) is 49.9 Å². The van der Waals surface area contributed by atoms with Gasteiger partial charge in [0.05, 0.1) is 6.10 Å². The van der Waals surface area contributed by atoms with Crippen LogP contribution in [-0.4, -0.2) is 42.2 Å². The number of benzene rings is 1. The quantitative estimate of drug-likeness (QED) is 0.910. The van der Waals surface area contributed by atoms with E-state index < -0.39 is 0 Å². The van der Waals surface area contributed by atoms with Crippen LogP contribution in [0.15, 0.2) is 18.2 Å². The minimum Gasteiger partial charge on any atom is -0.508 e. The van der Waals surface area contributed by atoms with Gasteiger partial charge in [0.2, 0.25) is 0 Å². The Hall–Kier alpha value is -1.55. The molecule has 1 amide bonds. The Morgan fingerprint density at radius 1 is 1.47 bits per heavy atom. The predicted octanol–water partition coefficient (Wildman–Crippen LogP) is 2.34. The summed E-state index contributed by atoms with van der Waals surface area (Å²) in [6.07, 6.45) is 3.46. The molecule has 0 aromatic heterocycles. The molecule has 0 aliphatic carbocycles. The molecule has 0 spiro atoms. The molecule has 1 N–H and O–H groups in total. The van der Waals surface area contributed by atoms with E-state index in [9.17, 15) is 9.90 Å². The SMILES string of the molecule is Cc1cc(O)ccc1C(=O)N(C)CC1CCCCO1. The van der Waals surface area contributed by atoms with E-state index in [0.717, 1.165) is 25.0 Å². The molecule has 1 aromatic rings. The van der Waals surface area contributed by atoms with Gasteiger partial charge >= 0.3 is 0 Å². The first-order valence-corrected chi connectivity index (χ1v) is 6.74. The van der Waals surface area contributed by atoms with Crippen LogP contribution in [0.5, 0.6) is 5.75 Å². The second-order valence-corrected chi connectivity index (χ2v) is 5.17. The van der Waals surface area contributed by atoms with E-state index in [2.05, 4.69) is 0 Å². The maximum atomic E-state index is 12.3. The van der Waals surface area contributed by atoms with E-state index in [0.29, 0.717) is 12.1 Å². The lowest BCUT2D eigenvalue weighted by molar-refractivity contribution is -0.000203. The highest BCUT2D eigenvalue weighted by Gasteiger charge is 2.20. The second-order valence-electron chi connectivity index (χ2n) is 5.17. The van der Waals surface area contributed by atoms with Crippen LogP contribution in [0.3, 0.4) is 0 Å². The summed E-state index contributed by atoms with van der Waals surface area (Å²) < 4.78 is 5.65. The van der Waals surface area contributed by atoms with Crippen molar-refractivity contribution in [2.45, 2.75) is 32.3 Å². The van der Waals surface area contributed by atoms with Gasteiger partial charge < -0.3 is 14.7 Å². The molecular formula is C15H21NO3. The van der Waals surface area contributed by atoms with Gasteiger partial charge in [-0.25, -0.2) is 0 Å². The molecule has 0 radical (unpaired) electrons. The Bertz CT molecular complexity index is 453. The van der Waals surface area contributed by atoms with E-state index in [4.69, 9.17) is 4.74 Å². The average molecular weight is 263 g/mol. The van der Waals surface area contributed by atoms with Gasteiger partial charge in [-0.15, -0.1) is 0 Å². The molecule has 1 fully saturated rings. The molecule has 0 bridgehead atoms. The summed E-state index contributed by atoms with van der Waals surface area (Å²) in [7, 11) is 1.80. The molecule has 1 saturated heterocycles. The number of carbonyl (C=O) groups excluding carboxylic acids is 1. The largest absolute Gasteiger partial charge is 0.508 e. The number of rotatable bonds is 3. The topological polar surface area (TPSA) is 49.8 Å². The minimum absolute atomic E-state index is 0.0216. The summed E-state index contributed by atoms with van der Waals surface area (Å²) in [5, 5.41) is 9.37. The molecule has 1 unspecified atom stereocenters. The number of nitrogens with zero attached hydrogens (tertiary/aromatic N) is 1. The lowest BCUT2D eigenvalue weighted by Gasteiger charge is -2.27. The van der Waals surface area contributed by atoms with Gasteiger partial charge in [-0.3, -0.25) is 4.79 Å². The van der Waals surface area contributed by atoms with E-state index in [1.807, 2.05) is 6.92 Å². The smallest absolute Gasteiger partial charge is 0.253 e. The van der Waals surface area contributed by atoms with Gasteiger partial charge in [0.1, 0.15) is 5.75 Å². The fourth-order valence-electron chi connectivity index (χ4n) is 2.43. The summed E-state index contributed by atoms with van der Waals surface area (Å²) in [4.78, 5) is 14.0. The Balaban J connectivity index is 2.01. The minimum atomic E-state index is -0.0216. The third-order valence-electron chi connectivity index (χ3n) is 3.54. The van der Waals surface area contributed by atoms with Crippen LogP contribution in [0.4, 0.5) is 0 Å². The zero-order valence-electron chi connectivity index (χ0n) is 11.6. The van der Waals surface area contributed by atoms with Crippen molar-refractivity contribution < 1.29 is 14.6 Å². The number of phenolic OH excluding ortho intramolecular Hbond substituents is 1. The van der Waals surface area contributed by atoms with Crippen molar-refractivity contribution in [1.29, 1.82) is 0 Å². The molecule has 1 aromatic carbocycles. The highest BCUT2D eigenvalue weighted by molar-refractivity contribution is 5.95. The number of phenols is 1. The summed E-state index contributed by atoms with van der Waals surface area (Å²) in [5.74, 6) is 0.166. The summed E-state index contributed by atoms with van der Waals surface area (Å²) >= 11 is 0. The van der Waals surface area contributed by atoms with Gasteiger partial charge in [0.25, 0.3) is 5.91 Å². The van der Waals surface area contributed by atoms with E-state index in [1.54, 1.807) is 30.1 Å². The molecule has 1 aliphatic heterocycles. The maximum absolute atomic E-state index is 12.3. The number of hydrogen-bond donors (Lipinski definition) is 1. The summed E-state index contributed by atoms with van der Waals surface area (Å²) in [6.45, 7) is 3.25. The molecule has 1 atom stereocenters. The Labute approximate surface area is 114 Å². The molecule has 104 valence electrons. The zero-order chi connectivity index (χ0) is 13.8. The van der Waals surface area contributed by atoms with Gasteiger partial charge in [0.15, 0.2) is 0 Å². The van der Waals surface area contributed by atoms with Crippen molar-refractivity contribution >= 4 is 5.91 Å². The number of aromatic hydroxyl groups is 1. The van der Waals surface area contributed by atoms with Crippen LogP contribution >= 0.6 is 0 Å². The van der Waals surface area contributed by atoms with Crippen LogP contribution in [0, 0.1) is 6.92 Å². The van der Waals surface area contributed by atoms with Crippen molar-refractivity contribution in [3.8, 4) is 5.75 Å². The molecular weight excluding hydrogens is 242 g/mol. The van der Waals surface area contributed by atoms with Crippen LogP contribution in [0.25, 0.3) is 0 Å². The maximum Gasteiger partial charge on any atom is 0.253 e. The van der Waals surface area contributed by atoms with Crippen LogP contribution in [-0.2, 0) is 4.74 Å². The van der Waals surface area contributed by atoms with Crippen LogP contribution < -0.4 is 0 Å². The van der Waals surface area contributed by atoms with Crippen LogP contribution in [0.1, 0.15) is 35.2 Å². The lowest BCUT2D eigenvalue weighted by Crippen LogP contribution is -2.37. The van der Waals surface area contributed by atoms with E-state index >= 15 is 0 Å². The summed E-state index contributed by atoms with van der Waals surface area (Å²) in [6, 6.07) is 4.83.